The summed E-state index contributed by atoms with van der Waals surface area (Å²) in [4.78, 5) is 12.0. The van der Waals surface area contributed by atoms with Crippen molar-refractivity contribution in [2.45, 2.75) is 32.1 Å². The maximum absolute atomic E-state index is 12.0. The fourth-order valence-corrected chi connectivity index (χ4v) is 3.93. The van der Waals surface area contributed by atoms with Gasteiger partial charge in [0.05, 0.1) is 16.7 Å². The van der Waals surface area contributed by atoms with Gasteiger partial charge in [-0.2, -0.15) is 0 Å². The van der Waals surface area contributed by atoms with Crippen molar-refractivity contribution in [3.8, 4) is 5.75 Å². The van der Waals surface area contributed by atoms with Gasteiger partial charge in [0.15, 0.2) is 5.75 Å². The van der Waals surface area contributed by atoms with E-state index in [-0.39, 0.29) is 11.3 Å². The Morgan fingerprint density at radius 3 is 2.30 bits per heavy atom. The van der Waals surface area contributed by atoms with Crippen molar-refractivity contribution in [2.24, 2.45) is 0 Å². The Hall–Kier alpha value is -1.11. The summed E-state index contributed by atoms with van der Waals surface area (Å²) in [5.41, 5.74) is 2.48. The molecule has 0 aliphatic rings. The van der Waals surface area contributed by atoms with Gasteiger partial charge < -0.3 is 10.1 Å². The summed E-state index contributed by atoms with van der Waals surface area (Å²) in [6, 6.07) is 11.6. The summed E-state index contributed by atoms with van der Waals surface area (Å²) < 4.78 is 8.73. The Bertz CT molecular complexity index is 822. The number of carbonyl (C=O) groups excluding carboxylic acids is 1. The highest BCUT2D eigenvalue weighted by Gasteiger charge is 2.25. The molecule has 2 N–H and O–H groups in total. The smallest absolute Gasteiger partial charge is 0.225 e. The fraction of sp³-hybridized carbons (Fsp3) is 0.409. The van der Waals surface area contributed by atoms with Crippen molar-refractivity contribution >= 4 is 58.3 Å². The van der Waals surface area contributed by atoms with Crippen LogP contribution in [0.3, 0.4) is 0 Å². The van der Waals surface area contributed by atoms with E-state index in [0.29, 0.717) is 41.2 Å². The van der Waals surface area contributed by atoms with E-state index in [1.165, 1.54) is 11.9 Å². The first-order valence-electron chi connectivity index (χ1n) is 9.64. The number of anilines is 1. The van der Waals surface area contributed by atoms with E-state index in [1.54, 1.807) is 0 Å². The molecule has 0 atom stereocenters. The van der Waals surface area contributed by atoms with E-state index >= 15 is 0 Å². The number of hydrogen-bond acceptors (Lipinski definition) is 4. The Labute approximate surface area is 198 Å². The quantitative estimate of drug-likeness (QED) is 0.214. The second kappa shape index (κ2) is 12.1. The van der Waals surface area contributed by atoms with Crippen LogP contribution < -0.4 is 14.8 Å². The molecule has 164 valence electrons. The van der Waals surface area contributed by atoms with E-state index < -0.39 is 0 Å². The minimum Gasteiger partial charge on any atom is -0.490 e. The predicted molar refractivity (Wildman–Crippen MR) is 131 cm³/mol. The van der Waals surface area contributed by atoms with Crippen LogP contribution in [0.1, 0.15) is 37.8 Å². The molecule has 0 saturated heterocycles. The first-order valence-corrected chi connectivity index (χ1v) is 12.2. The number of hydrogen-bond donors (Lipinski definition) is 2. The van der Waals surface area contributed by atoms with Crippen LogP contribution >= 0.6 is 46.8 Å². The van der Waals surface area contributed by atoms with Gasteiger partial charge in [-0.1, -0.05) is 61.1 Å². The molecule has 0 aliphatic heterocycles. The molecule has 0 spiro atoms. The minimum atomic E-state index is -0.341. The Morgan fingerprint density at radius 1 is 1.10 bits per heavy atom. The highest BCUT2D eigenvalue weighted by molar-refractivity contribution is 7.96. The number of carbonyl (C=O) groups is 1. The molecule has 0 aromatic heterocycles. The molecule has 2 aromatic rings. The number of benzene rings is 2. The third kappa shape index (κ3) is 6.96. The fourth-order valence-electron chi connectivity index (χ4n) is 2.91. The van der Waals surface area contributed by atoms with E-state index in [4.69, 9.17) is 39.5 Å². The first kappa shape index (κ1) is 25.2. The van der Waals surface area contributed by atoms with Crippen molar-refractivity contribution in [3.05, 3.63) is 57.6 Å². The SMILES string of the molecule is CSNCCC(=O)Nc1ccc(C(C)(C)c2cc(Cl)c(OCCCCl)c(Cl)c2)cc1. The lowest BCUT2D eigenvalue weighted by Crippen LogP contribution is -2.20. The molecule has 0 bridgehead atoms. The van der Waals surface area contributed by atoms with Crippen LogP contribution in [0.5, 0.6) is 5.75 Å². The first-order chi connectivity index (χ1) is 14.3. The molecule has 0 heterocycles. The van der Waals surface area contributed by atoms with E-state index in [0.717, 1.165) is 23.2 Å². The molecule has 0 saturated carbocycles. The van der Waals surface area contributed by atoms with Crippen LogP contribution in [0.4, 0.5) is 5.69 Å². The molecular formula is C22H27Cl3N2O2S. The third-order valence-electron chi connectivity index (χ3n) is 4.73. The van der Waals surface area contributed by atoms with Crippen LogP contribution in [0.25, 0.3) is 0 Å². The lowest BCUT2D eigenvalue weighted by Gasteiger charge is -2.27. The van der Waals surface area contributed by atoms with Crippen LogP contribution in [-0.2, 0) is 10.2 Å². The summed E-state index contributed by atoms with van der Waals surface area (Å²) in [5.74, 6) is 0.981. The Balaban J connectivity index is 2.13. The van der Waals surface area contributed by atoms with Crippen LogP contribution in [0.2, 0.25) is 10.0 Å². The van der Waals surface area contributed by atoms with Gasteiger partial charge >= 0.3 is 0 Å². The molecule has 0 radical (unpaired) electrons. The van der Waals surface area contributed by atoms with Crippen LogP contribution in [-0.4, -0.2) is 31.2 Å². The molecule has 4 nitrogen and oxygen atoms in total. The number of ether oxygens (including phenoxy) is 1. The van der Waals surface area contributed by atoms with Gasteiger partial charge in [0.1, 0.15) is 0 Å². The van der Waals surface area contributed by atoms with Crippen LogP contribution in [0.15, 0.2) is 36.4 Å². The van der Waals surface area contributed by atoms with E-state index in [2.05, 4.69) is 23.9 Å². The average molecular weight is 490 g/mol. The van der Waals surface area contributed by atoms with Crippen molar-refractivity contribution in [2.75, 3.05) is 30.6 Å². The molecule has 0 aliphatic carbocycles. The highest BCUT2D eigenvalue weighted by atomic mass is 35.5. The van der Waals surface area contributed by atoms with Crippen molar-refractivity contribution in [3.63, 3.8) is 0 Å². The van der Waals surface area contributed by atoms with Crippen LogP contribution in [0, 0.1) is 0 Å². The van der Waals surface area contributed by atoms with Gasteiger partial charge in [-0.3, -0.25) is 9.52 Å². The maximum atomic E-state index is 12.0. The lowest BCUT2D eigenvalue weighted by molar-refractivity contribution is -0.116. The summed E-state index contributed by atoms with van der Waals surface area (Å²) >= 11 is 20.1. The predicted octanol–water partition coefficient (Wildman–Crippen LogP) is 6.52. The molecule has 2 rings (SSSR count). The zero-order valence-corrected chi connectivity index (χ0v) is 20.4. The number of halogens is 3. The molecule has 0 fully saturated rings. The van der Waals surface area contributed by atoms with Gasteiger partial charge in [0.25, 0.3) is 0 Å². The lowest BCUT2D eigenvalue weighted by atomic mass is 9.78. The molecular weight excluding hydrogens is 463 g/mol. The number of alkyl halides is 1. The normalized spacial score (nSPS) is 11.4. The number of amides is 1. The van der Waals surface area contributed by atoms with Gasteiger partial charge in [0, 0.05) is 29.9 Å². The Morgan fingerprint density at radius 2 is 1.73 bits per heavy atom. The summed E-state index contributed by atoms with van der Waals surface area (Å²) in [7, 11) is 0. The molecule has 0 unspecified atom stereocenters. The highest BCUT2D eigenvalue weighted by Crippen LogP contribution is 2.40. The molecule has 2 aromatic carbocycles. The second-order valence-corrected chi connectivity index (χ2v) is 9.15. The van der Waals surface area contributed by atoms with Gasteiger partial charge in [0.2, 0.25) is 5.91 Å². The van der Waals surface area contributed by atoms with Gasteiger partial charge in [-0.25, -0.2) is 0 Å². The van der Waals surface area contributed by atoms with Gasteiger partial charge in [-0.05, 0) is 48.1 Å². The third-order valence-corrected chi connectivity index (χ3v) is 6.05. The van der Waals surface area contributed by atoms with E-state index in [9.17, 15) is 4.79 Å². The average Bonchev–Trinajstić information content (AvgIpc) is 2.70. The molecule has 8 heteroatoms. The van der Waals surface area contributed by atoms with Crippen molar-refractivity contribution in [1.82, 2.24) is 4.72 Å². The zero-order valence-electron chi connectivity index (χ0n) is 17.4. The number of nitrogens with one attached hydrogen (secondary N) is 2. The minimum absolute atomic E-state index is 0.0214. The standard InChI is InChI=1S/C22H27Cl3N2O2S/c1-22(2,16-13-18(24)21(19(25)14-16)29-12-4-10-23)15-5-7-17(8-6-15)27-20(28)9-11-26-30-3/h5-8,13-14,26H,4,9-12H2,1-3H3,(H,27,28). The summed E-state index contributed by atoms with van der Waals surface area (Å²) in [6.45, 7) is 5.30. The Kier molecular flexibility index (Phi) is 10.1. The van der Waals surface area contributed by atoms with Crippen molar-refractivity contribution < 1.29 is 9.53 Å². The summed E-state index contributed by atoms with van der Waals surface area (Å²) in [6.07, 6.45) is 3.07. The van der Waals surface area contributed by atoms with Crippen molar-refractivity contribution in [1.29, 1.82) is 0 Å². The van der Waals surface area contributed by atoms with Gasteiger partial charge in [-0.15, -0.1) is 11.6 Å². The monoisotopic (exact) mass is 488 g/mol. The topological polar surface area (TPSA) is 50.4 Å². The molecule has 1 amide bonds. The largest absolute Gasteiger partial charge is 0.490 e. The maximum Gasteiger partial charge on any atom is 0.225 e. The van der Waals surface area contributed by atoms with E-state index in [1.807, 2.05) is 42.7 Å². The molecule has 30 heavy (non-hydrogen) atoms. The zero-order chi connectivity index (χ0) is 22.1. The summed E-state index contributed by atoms with van der Waals surface area (Å²) in [5, 5.41) is 3.86. The second-order valence-electron chi connectivity index (χ2n) is 7.26. The number of rotatable bonds is 11.